The molecular formula is C12H26N2O4S. The zero-order valence-electron chi connectivity index (χ0n) is 11.9. The normalized spacial score (nSPS) is 21.2. The zero-order chi connectivity index (χ0) is 14.3. The summed E-state index contributed by atoms with van der Waals surface area (Å²) in [6.07, 6.45) is 3.04. The maximum atomic E-state index is 11.6. The molecule has 1 fully saturated rings. The van der Waals surface area contributed by atoms with Crippen LogP contribution < -0.4 is 5.14 Å². The fraction of sp³-hybridized carbons (Fsp3) is 1.00. The van der Waals surface area contributed by atoms with E-state index in [2.05, 4.69) is 11.8 Å². The number of hydrogen-bond acceptors (Lipinski definition) is 5. The Hall–Kier alpha value is -0.210. The van der Waals surface area contributed by atoms with Crippen LogP contribution in [-0.2, 0) is 19.5 Å². The van der Waals surface area contributed by atoms with Crippen molar-refractivity contribution < 1.29 is 17.9 Å². The Labute approximate surface area is 116 Å². The first-order valence-corrected chi connectivity index (χ1v) is 8.55. The molecular weight excluding hydrogens is 268 g/mol. The second kappa shape index (κ2) is 8.16. The Kier molecular flexibility index (Phi) is 7.23. The van der Waals surface area contributed by atoms with E-state index in [1.54, 1.807) is 0 Å². The van der Waals surface area contributed by atoms with Gasteiger partial charge in [0, 0.05) is 13.1 Å². The molecule has 1 aliphatic rings. The average Bonchev–Trinajstić information content (AvgIpc) is 2.37. The molecule has 1 aliphatic heterocycles. The predicted octanol–water partition coefficient (Wildman–Crippen LogP) is 0.876. The predicted molar refractivity (Wildman–Crippen MR) is 74.0 cm³/mol. The lowest BCUT2D eigenvalue weighted by molar-refractivity contribution is -0.0978. The van der Waals surface area contributed by atoms with Crippen molar-refractivity contribution in [1.82, 2.24) is 4.90 Å². The van der Waals surface area contributed by atoms with Gasteiger partial charge in [0.05, 0.1) is 13.2 Å². The van der Waals surface area contributed by atoms with E-state index in [0.717, 1.165) is 32.4 Å². The third kappa shape index (κ3) is 6.18. The van der Waals surface area contributed by atoms with Crippen LogP contribution in [0.5, 0.6) is 0 Å². The molecule has 2 N–H and O–H groups in total. The lowest BCUT2D eigenvalue weighted by Gasteiger charge is -2.33. The maximum Gasteiger partial charge on any atom is 0.236 e. The second-order valence-electron chi connectivity index (χ2n) is 4.90. The molecule has 19 heavy (non-hydrogen) atoms. The molecule has 114 valence electrons. The van der Waals surface area contributed by atoms with Crippen LogP contribution in [0.15, 0.2) is 0 Å². The number of unbranched alkanes of at least 4 members (excludes halogenated alkanes) is 2. The van der Waals surface area contributed by atoms with Crippen molar-refractivity contribution in [1.29, 1.82) is 0 Å². The van der Waals surface area contributed by atoms with Crippen LogP contribution >= 0.6 is 0 Å². The molecule has 0 bridgehead atoms. The standard InChI is InChI=1S/C12H26N2O4S/c1-3-4-5-6-12(19(13,15)16)18-11(2)14-7-9-17-10-8-14/h11-12H,3-10H2,1-2H3,(H2,13,15,16). The van der Waals surface area contributed by atoms with E-state index in [1.165, 1.54) is 0 Å². The van der Waals surface area contributed by atoms with Crippen molar-refractivity contribution >= 4 is 10.0 Å². The molecule has 0 radical (unpaired) electrons. The Morgan fingerprint density at radius 2 is 1.95 bits per heavy atom. The number of nitrogens with zero attached hydrogens (tertiary/aromatic N) is 1. The molecule has 0 aromatic carbocycles. The summed E-state index contributed by atoms with van der Waals surface area (Å²) >= 11 is 0. The fourth-order valence-electron chi connectivity index (χ4n) is 2.12. The highest BCUT2D eigenvalue weighted by atomic mass is 32.2. The number of sulfonamides is 1. The third-order valence-corrected chi connectivity index (χ3v) is 4.40. The van der Waals surface area contributed by atoms with Crippen LogP contribution in [0.25, 0.3) is 0 Å². The molecule has 1 rings (SSSR count). The van der Waals surface area contributed by atoms with Gasteiger partial charge in [-0.25, -0.2) is 13.6 Å². The molecule has 0 saturated carbocycles. The summed E-state index contributed by atoms with van der Waals surface area (Å²) < 4.78 is 34.0. The van der Waals surface area contributed by atoms with Crippen LogP contribution in [0, 0.1) is 0 Å². The minimum Gasteiger partial charge on any atom is -0.379 e. The van der Waals surface area contributed by atoms with Crippen molar-refractivity contribution in [3.63, 3.8) is 0 Å². The lowest BCUT2D eigenvalue weighted by atomic mass is 10.2. The van der Waals surface area contributed by atoms with E-state index in [1.807, 2.05) is 6.92 Å². The largest absolute Gasteiger partial charge is 0.379 e. The van der Waals surface area contributed by atoms with Crippen LogP contribution in [0.3, 0.4) is 0 Å². The quantitative estimate of drug-likeness (QED) is 0.672. The number of nitrogens with two attached hydrogens (primary N) is 1. The van der Waals surface area contributed by atoms with Crippen molar-refractivity contribution in [3.8, 4) is 0 Å². The van der Waals surface area contributed by atoms with Gasteiger partial charge in [-0.2, -0.15) is 0 Å². The Balaban J connectivity index is 2.50. The highest BCUT2D eigenvalue weighted by Crippen LogP contribution is 2.15. The van der Waals surface area contributed by atoms with E-state index in [9.17, 15) is 8.42 Å². The van der Waals surface area contributed by atoms with Gasteiger partial charge in [0.1, 0.15) is 6.23 Å². The van der Waals surface area contributed by atoms with E-state index in [4.69, 9.17) is 14.6 Å². The molecule has 1 saturated heterocycles. The molecule has 0 aromatic heterocycles. The summed E-state index contributed by atoms with van der Waals surface area (Å²) in [6.45, 7) is 6.76. The van der Waals surface area contributed by atoms with Crippen molar-refractivity contribution in [2.45, 2.75) is 51.2 Å². The smallest absolute Gasteiger partial charge is 0.236 e. The minimum absolute atomic E-state index is 0.256. The maximum absolute atomic E-state index is 11.6. The van der Waals surface area contributed by atoms with Gasteiger partial charge in [-0.3, -0.25) is 4.90 Å². The molecule has 6 nitrogen and oxygen atoms in total. The Bertz CT molecular complexity index is 342. The van der Waals surface area contributed by atoms with Crippen LogP contribution in [0.2, 0.25) is 0 Å². The summed E-state index contributed by atoms with van der Waals surface area (Å²) in [4.78, 5) is 2.07. The monoisotopic (exact) mass is 294 g/mol. The molecule has 0 spiro atoms. The van der Waals surface area contributed by atoms with Crippen LogP contribution in [0.1, 0.15) is 39.5 Å². The van der Waals surface area contributed by atoms with Gasteiger partial charge in [0.2, 0.25) is 10.0 Å². The SMILES string of the molecule is CCCCCC(OC(C)N1CCOCC1)S(N)(=O)=O. The van der Waals surface area contributed by atoms with Gasteiger partial charge in [-0.1, -0.05) is 19.8 Å². The van der Waals surface area contributed by atoms with E-state index in [-0.39, 0.29) is 6.23 Å². The first-order chi connectivity index (χ1) is 8.95. The molecule has 0 aliphatic carbocycles. The number of hydrogen-bond donors (Lipinski definition) is 1. The van der Waals surface area contributed by atoms with Gasteiger partial charge in [-0.15, -0.1) is 0 Å². The van der Waals surface area contributed by atoms with Crippen LogP contribution in [-0.4, -0.2) is 51.3 Å². The third-order valence-electron chi connectivity index (χ3n) is 3.32. The van der Waals surface area contributed by atoms with Crippen LogP contribution in [0.4, 0.5) is 0 Å². The highest BCUT2D eigenvalue weighted by molar-refractivity contribution is 7.89. The number of morpholine rings is 1. The summed E-state index contributed by atoms with van der Waals surface area (Å²) in [5.74, 6) is 0. The summed E-state index contributed by atoms with van der Waals surface area (Å²) in [5, 5.41) is 5.24. The van der Waals surface area contributed by atoms with Gasteiger partial charge in [-0.05, 0) is 19.8 Å². The summed E-state index contributed by atoms with van der Waals surface area (Å²) in [5.41, 5.74) is -0.906. The lowest BCUT2D eigenvalue weighted by Crippen LogP contribution is -2.46. The van der Waals surface area contributed by atoms with Crippen molar-refractivity contribution in [2.75, 3.05) is 26.3 Å². The van der Waals surface area contributed by atoms with E-state index < -0.39 is 15.5 Å². The molecule has 2 unspecified atom stereocenters. The average molecular weight is 294 g/mol. The van der Waals surface area contributed by atoms with E-state index in [0.29, 0.717) is 19.6 Å². The topological polar surface area (TPSA) is 81.9 Å². The zero-order valence-corrected chi connectivity index (χ0v) is 12.7. The number of primary sulfonamides is 1. The molecule has 1 heterocycles. The molecule has 7 heteroatoms. The molecule has 0 aromatic rings. The minimum atomic E-state index is -3.66. The van der Waals surface area contributed by atoms with Crippen molar-refractivity contribution in [3.05, 3.63) is 0 Å². The molecule has 0 amide bonds. The first kappa shape index (κ1) is 16.8. The Morgan fingerprint density at radius 3 is 2.47 bits per heavy atom. The number of ether oxygens (including phenoxy) is 2. The van der Waals surface area contributed by atoms with Gasteiger partial charge in [0.15, 0.2) is 5.44 Å². The van der Waals surface area contributed by atoms with Gasteiger partial charge in [0.25, 0.3) is 0 Å². The number of rotatable bonds is 8. The van der Waals surface area contributed by atoms with Crippen molar-refractivity contribution in [2.24, 2.45) is 5.14 Å². The fourth-order valence-corrected chi connectivity index (χ4v) is 2.93. The van der Waals surface area contributed by atoms with Gasteiger partial charge >= 0.3 is 0 Å². The van der Waals surface area contributed by atoms with E-state index >= 15 is 0 Å². The summed E-state index contributed by atoms with van der Waals surface area (Å²) in [6, 6.07) is 0. The Morgan fingerprint density at radius 1 is 1.32 bits per heavy atom. The second-order valence-corrected chi connectivity index (χ2v) is 6.60. The van der Waals surface area contributed by atoms with Gasteiger partial charge < -0.3 is 9.47 Å². The summed E-state index contributed by atoms with van der Waals surface area (Å²) in [7, 11) is -3.66. The highest BCUT2D eigenvalue weighted by Gasteiger charge is 2.27. The first-order valence-electron chi connectivity index (χ1n) is 6.94. The molecule has 2 atom stereocenters.